The minimum Gasteiger partial charge on any atom is -0.350 e. The number of non-ortho nitro benzene ring substituents is 1. The highest BCUT2D eigenvalue weighted by Gasteiger charge is 2.18. The summed E-state index contributed by atoms with van der Waals surface area (Å²) in [5, 5.41) is 20.3. The highest BCUT2D eigenvalue weighted by atomic mass is 16.6. The summed E-state index contributed by atoms with van der Waals surface area (Å²) in [6, 6.07) is 9.80. The van der Waals surface area contributed by atoms with Crippen molar-refractivity contribution in [3.63, 3.8) is 0 Å². The average molecular weight is 394 g/mol. The molecule has 10 nitrogen and oxygen atoms in total. The Labute approximate surface area is 165 Å². The molecule has 2 heterocycles. The van der Waals surface area contributed by atoms with E-state index in [2.05, 4.69) is 20.7 Å². The van der Waals surface area contributed by atoms with Crippen molar-refractivity contribution < 1.29 is 14.5 Å². The van der Waals surface area contributed by atoms with Gasteiger partial charge >= 0.3 is 0 Å². The Bertz CT molecular complexity index is 1030. The molecule has 1 atom stereocenters. The van der Waals surface area contributed by atoms with E-state index in [-0.39, 0.29) is 17.8 Å². The number of amides is 2. The normalized spacial score (nSPS) is 11.5. The van der Waals surface area contributed by atoms with Crippen LogP contribution in [0.15, 0.2) is 61.1 Å². The molecule has 2 aromatic heterocycles. The Morgan fingerprint density at radius 3 is 2.76 bits per heavy atom. The Morgan fingerprint density at radius 2 is 2.03 bits per heavy atom. The van der Waals surface area contributed by atoms with Gasteiger partial charge in [0.15, 0.2) is 5.82 Å². The van der Waals surface area contributed by atoms with Crippen LogP contribution in [0.2, 0.25) is 0 Å². The van der Waals surface area contributed by atoms with Crippen LogP contribution in [0.4, 0.5) is 5.69 Å². The molecule has 2 amide bonds. The van der Waals surface area contributed by atoms with Gasteiger partial charge in [-0.1, -0.05) is 12.1 Å². The summed E-state index contributed by atoms with van der Waals surface area (Å²) in [6.07, 6.45) is 5.00. The lowest BCUT2D eigenvalue weighted by molar-refractivity contribution is -0.384. The standard InChI is InChI=1S/C19H18N6O4/c1-13(23-19(27)14-5-2-7-16(11-14)25(28)29)18(26)21-12-15-6-3-8-20-17(15)24-10-4-9-22-24/h2-11,13H,12H2,1H3,(H,21,26)(H,23,27)/t13-/m1/s1. The fourth-order valence-electron chi connectivity index (χ4n) is 2.61. The smallest absolute Gasteiger partial charge is 0.270 e. The molecule has 0 aliphatic heterocycles. The van der Waals surface area contributed by atoms with Crippen LogP contribution in [0, 0.1) is 10.1 Å². The first kappa shape index (κ1) is 19.7. The molecule has 0 bridgehead atoms. The lowest BCUT2D eigenvalue weighted by atomic mass is 10.1. The third kappa shape index (κ3) is 4.80. The molecule has 3 aromatic rings. The largest absolute Gasteiger partial charge is 0.350 e. The zero-order chi connectivity index (χ0) is 20.8. The maximum absolute atomic E-state index is 12.4. The van der Waals surface area contributed by atoms with E-state index >= 15 is 0 Å². The number of nitrogens with zero attached hydrogens (tertiary/aromatic N) is 4. The summed E-state index contributed by atoms with van der Waals surface area (Å²) in [7, 11) is 0. The number of aromatic nitrogens is 3. The SMILES string of the molecule is C[C@@H](NC(=O)c1cccc([N+](=O)[O-])c1)C(=O)NCc1cccnc1-n1cccn1. The minimum absolute atomic E-state index is 0.104. The molecule has 0 fully saturated rings. The topological polar surface area (TPSA) is 132 Å². The van der Waals surface area contributed by atoms with E-state index < -0.39 is 22.8 Å². The van der Waals surface area contributed by atoms with Gasteiger partial charge in [-0.3, -0.25) is 19.7 Å². The second-order valence-electron chi connectivity index (χ2n) is 6.16. The number of pyridine rings is 1. The zero-order valence-corrected chi connectivity index (χ0v) is 15.5. The van der Waals surface area contributed by atoms with E-state index in [9.17, 15) is 19.7 Å². The van der Waals surface area contributed by atoms with Crippen LogP contribution in [0.5, 0.6) is 0 Å². The van der Waals surface area contributed by atoms with Crippen LogP contribution in [-0.4, -0.2) is 37.5 Å². The number of nitro groups is 1. The van der Waals surface area contributed by atoms with Crippen LogP contribution in [-0.2, 0) is 11.3 Å². The molecule has 148 valence electrons. The molecule has 3 rings (SSSR count). The van der Waals surface area contributed by atoms with E-state index in [1.165, 1.54) is 25.1 Å². The van der Waals surface area contributed by atoms with Crippen molar-refractivity contribution in [2.24, 2.45) is 0 Å². The van der Waals surface area contributed by atoms with E-state index in [4.69, 9.17) is 0 Å². The fraction of sp³-hybridized carbons (Fsp3) is 0.158. The van der Waals surface area contributed by atoms with Gasteiger partial charge in [0, 0.05) is 48.4 Å². The number of hydrogen-bond donors (Lipinski definition) is 2. The van der Waals surface area contributed by atoms with Gasteiger partial charge in [0.25, 0.3) is 11.6 Å². The van der Waals surface area contributed by atoms with Crippen molar-refractivity contribution in [3.8, 4) is 5.82 Å². The van der Waals surface area contributed by atoms with Crippen LogP contribution in [0.3, 0.4) is 0 Å². The Hall–Kier alpha value is -4.08. The molecule has 0 radical (unpaired) electrons. The average Bonchev–Trinajstić information content (AvgIpc) is 3.26. The molecule has 2 N–H and O–H groups in total. The van der Waals surface area contributed by atoms with Gasteiger partial charge in [-0.15, -0.1) is 0 Å². The van der Waals surface area contributed by atoms with Gasteiger partial charge < -0.3 is 10.6 Å². The van der Waals surface area contributed by atoms with Crippen molar-refractivity contribution in [1.82, 2.24) is 25.4 Å². The quantitative estimate of drug-likeness (QED) is 0.462. The predicted molar refractivity (Wildman–Crippen MR) is 103 cm³/mol. The molecule has 0 unspecified atom stereocenters. The second kappa shape index (κ2) is 8.74. The van der Waals surface area contributed by atoms with E-state index in [1.54, 1.807) is 35.4 Å². The van der Waals surface area contributed by atoms with Gasteiger partial charge in [-0.2, -0.15) is 5.10 Å². The zero-order valence-electron chi connectivity index (χ0n) is 15.5. The number of rotatable bonds is 7. The van der Waals surface area contributed by atoms with Crippen molar-refractivity contribution >= 4 is 17.5 Å². The summed E-state index contributed by atoms with van der Waals surface area (Å²) in [5.41, 5.74) is 0.659. The third-order valence-corrected chi connectivity index (χ3v) is 4.10. The summed E-state index contributed by atoms with van der Waals surface area (Å²) in [4.78, 5) is 39.2. The van der Waals surface area contributed by atoms with Crippen molar-refractivity contribution in [1.29, 1.82) is 0 Å². The maximum atomic E-state index is 12.4. The highest BCUT2D eigenvalue weighted by Crippen LogP contribution is 2.13. The van der Waals surface area contributed by atoms with E-state index in [1.807, 2.05) is 6.07 Å². The lowest BCUT2D eigenvalue weighted by Crippen LogP contribution is -2.44. The number of hydrogen-bond acceptors (Lipinski definition) is 6. The molecule has 0 saturated heterocycles. The molecule has 1 aromatic carbocycles. The molecule has 0 spiro atoms. The van der Waals surface area contributed by atoms with Crippen molar-refractivity contribution in [3.05, 3.63) is 82.3 Å². The molecular formula is C19H18N6O4. The first-order valence-corrected chi connectivity index (χ1v) is 8.72. The monoisotopic (exact) mass is 394 g/mol. The molecular weight excluding hydrogens is 376 g/mol. The van der Waals surface area contributed by atoms with Crippen LogP contribution in [0.25, 0.3) is 5.82 Å². The Balaban J connectivity index is 1.61. The van der Waals surface area contributed by atoms with Gasteiger partial charge in [0.05, 0.1) is 4.92 Å². The van der Waals surface area contributed by atoms with Crippen LogP contribution in [0.1, 0.15) is 22.8 Å². The van der Waals surface area contributed by atoms with Crippen molar-refractivity contribution in [2.45, 2.75) is 19.5 Å². The first-order valence-electron chi connectivity index (χ1n) is 8.72. The molecule has 10 heteroatoms. The first-order chi connectivity index (χ1) is 14.0. The summed E-state index contributed by atoms with van der Waals surface area (Å²) >= 11 is 0. The van der Waals surface area contributed by atoms with Gasteiger partial charge in [0.2, 0.25) is 5.91 Å². The lowest BCUT2D eigenvalue weighted by Gasteiger charge is -2.15. The minimum atomic E-state index is -0.841. The van der Waals surface area contributed by atoms with Gasteiger partial charge in [-0.05, 0) is 25.1 Å². The fourth-order valence-corrected chi connectivity index (χ4v) is 2.61. The summed E-state index contributed by atoms with van der Waals surface area (Å²) in [5.74, 6) is -0.389. The van der Waals surface area contributed by atoms with Gasteiger partial charge in [-0.25, -0.2) is 9.67 Å². The number of carbonyl (C=O) groups is 2. The highest BCUT2D eigenvalue weighted by molar-refractivity contribution is 5.97. The van der Waals surface area contributed by atoms with E-state index in [0.29, 0.717) is 5.82 Å². The van der Waals surface area contributed by atoms with Crippen molar-refractivity contribution in [2.75, 3.05) is 0 Å². The number of nitro benzene ring substituents is 1. The molecule has 29 heavy (non-hydrogen) atoms. The summed E-state index contributed by atoms with van der Waals surface area (Å²) < 4.78 is 1.59. The summed E-state index contributed by atoms with van der Waals surface area (Å²) in [6.45, 7) is 1.72. The number of nitrogens with one attached hydrogen (secondary N) is 2. The maximum Gasteiger partial charge on any atom is 0.270 e. The molecule has 0 aliphatic rings. The van der Waals surface area contributed by atoms with E-state index in [0.717, 1.165) is 11.6 Å². The van der Waals surface area contributed by atoms with Gasteiger partial charge in [0.1, 0.15) is 6.04 Å². The predicted octanol–water partition coefficient (Wildman–Crippen LogP) is 1.61. The Morgan fingerprint density at radius 1 is 1.21 bits per heavy atom. The Kier molecular flexibility index (Phi) is 5.93. The van der Waals surface area contributed by atoms with Crippen LogP contribution < -0.4 is 10.6 Å². The molecule has 0 saturated carbocycles. The third-order valence-electron chi connectivity index (χ3n) is 4.10. The molecule has 0 aliphatic carbocycles. The second-order valence-corrected chi connectivity index (χ2v) is 6.16. The number of carbonyl (C=O) groups excluding carboxylic acids is 2. The van der Waals surface area contributed by atoms with Crippen LogP contribution >= 0.6 is 0 Å². The number of benzene rings is 1.